The maximum Gasteiger partial charge on any atom is 0.0390 e. The summed E-state index contributed by atoms with van der Waals surface area (Å²) in [6, 6.07) is 0. The molecule has 0 aliphatic heterocycles. The number of likely N-dealkylation sites (N-methyl/N-ethyl adjacent to an activating group) is 1. The van der Waals surface area contributed by atoms with Crippen LogP contribution in [0.3, 0.4) is 0 Å². The van der Waals surface area contributed by atoms with E-state index in [-0.39, 0.29) is 0 Å². The molecular weight excluding hydrogens is 194 g/mol. The lowest BCUT2D eigenvalue weighted by atomic mass is 9.95. The van der Waals surface area contributed by atoms with Crippen LogP contribution in [0, 0.1) is 5.41 Å². The normalized spacial score (nSPS) is 14.7. The number of nitrogens with zero attached hydrogens (tertiary/aromatic N) is 1. The fraction of sp³-hybridized carbons (Fsp3) is 0.600. The fourth-order valence-corrected chi connectivity index (χ4v) is 1.85. The topological polar surface area (TPSA) is 3.24 Å². The molecule has 0 saturated carbocycles. The molecule has 0 rings (SSSR count). The summed E-state index contributed by atoms with van der Waals surface area (Å²) in [5.74, 6) is 0. The minimum absolute atomic E-state index is 0.317. The van der Waals surface area contributed by atoms with E-state index in [2.05, 4.69) is 77.8 Å². The molecule has 0 aromatic carbocycles. The van der Waals surface area contributed by atoms with Gasteiger partial charge in [-0.05, 0) is 37.8 Å². The molecule has 0 atom stereocenters. The maximum atomic E-state index is 2.33. The number of hydrogen-bond acceptors (Lipinski definition) is 1. The van der Waals surface area contributed by atoms with E-state index in [4.69, 9.17) is 0 Å². The average molecular weight is 221 g/mol. The van der Waals surface area contributed by atoms with Gasteiger partial charge in [0.2, 0.25) is 0 Å². The van der Waals surface area contributed by atoms with Gasteiger partial charge in [-0.25, -0.2) is 0 Å². The van der Waals surface area contributed by atoms with Gasteiger partial charge >= 0.3 is 0 Å². The minimum atomic E-state index is 0.317. The Morgan fingerprint density at radius 3 is 1.94 bits per heavy atom. The third kappa shape index (κ3) is 5.79. The van der Waals surface area contributed by atoms with Crippen LogP contribution >= 0.6 is 0 Å². The van der Waals surface area contributed by atoms with E-state index in [0.717, 1.165) is 6.54 Å². The van der Waals surface area contributed by atoms with Gasteiger partial charge in [-0.15, -0.1) is 0 Å². The summed E-state index contributed by atoms with van der Waals surface area (Å²) in [4.78, 5) is 2.33. The first-order valence-electron chi connectivity index (χ1n) is 5.99. The summed E-state index contributed by atoms with van der Waals surface area (Å²) in [5, 5.41) is 0. The van der Waals surface area contributed by atoms with Gasteiger partial charge in [0.15, 0.2) is 0 Å². The first kappa shape index (κ1) is 15.0. The molecule has 0 amide bonds. The van der Waals surface area contributed by atoms with E-state index >= 15 is 0 Å². The molecule has 0 unspecified atom stereocenters. The lowest BCUT2D eigenvalue weighted by Gasteiger charge is -2.30. The average Bonchev–Trinajstić information content (AvgIpc) is 2.11. The first-order chi connectivity index (χ1) is 7.31. The molecule has 0 heterocycles. The molecule has 0 aromatic rings. The van der Waals surface area contributed by atoms with E-state index in [1.807, 2.05) is 0 Å². The van der Waals surface area contributed by atoms with Crippen molar-refractivity contribution in [2.75, 3.05) is 13.6 Å². The minimum Gasteiger partial charge on any atom is -0.374 e. The van der Waals surface area contributed by atoms with Gasteiger partial charge in [0.25, 0.3) is 0 Å². The molecule has 92 valence electrons. The molecule has 0 spiro atoms. The summed E-state index contributed by atoms with van der Waals surface area (Å²) in [7, 11) is 2.16. The highest BCUT2D eigenvalue weighted by Crippen LogP contribution is 2.20. The Morgan fingerprint density at radius 2 is 1.56 bits per heavy atom. The van der Waals surface area contributed by atoms with Crippen LogP contribution in [0.15, 0.2) is 35.6 Å². The maximum absolute atomic E-state index is 2.33. The van der Waals surface area contributed by atoms with Crippen molar-refractivity contribution in [1.29, 1.82) is 0 Å². The Labute approximate surface area is 102 Å². The van der Waals surface area contributed by atoms with Crippen molar-refractivity contribution in [2.24, 2.45) is 5.41 Å². The molecule has 0 N–H and O–H groups in total. The lowest BCUT2D eigenvalue weighted by Crippen LogP contribution is -2.28. The highest BCUT2D eigenvalue weighted by Gasteiger charge is 2.14. The van der Waals surface area contributed by atoms with Crippen molar-refractivity contribution in [3.63, 3.8) is 0 Å². The molecule has 1 heteroatoms. The second-order valence-electron chi connectivity index (χ2n) is 5.48. The van der Waals surface area contributed by atoms with E-state index in [0.29, 0.717) is 5.41 Å². The largest absolute Gasteiger partial charge is 0.374 e. The molecule has 0 radical (unpaired) electrons. The van der Waals surface area contributed by atoms with Crippen molar-refractivity contribution < 1.29 is 0 Å². The third-order valence-electron chi connectivity index (χ3n) is 2.27. The molecule has 0 bridgehead atoms. The second kappa shape index (κ2) is 6.57. The second-order valence-corrected chi connectivity index (χ2v) is 5.48. The molecule has 0 saturated heterocycles. The Kier molecular flexibility index (Phi) is 6.17. The van der Waals surface area contributed by atoms with Crippen LogP contribution in [-0.4, -0.2) is 18.5 Å². The molecule has 16 heavy (non-hydrogen) atoms. The van der Waals surface area contributed by atoms with Gasteiger partial charge in [0.05, 0.1) is 0 Å². The van der Waals surface area contributed by atoms with E-state index in [9.17, 15) is 0 Å². The van der Waals surface area contributed by atoms with Gasteiger partial charge in [0.1, 0.15) is 0 Å². The lowest BCUT2D eigenvalue weighted by molar-refractivity contribution is 0.273. The molecule has 0 aliphatic carbocycles. The van der Waals surface area contributed by atoms with Crippen molar-refractivity contribution in [2.45, 2.75) is 41.5 Å². The Balaban J connectivity index is 5.00. The number of rotatable bonds is 4. The number of allylic oxidation sites excluding steroid dienone is 5. The predicted octanol–water partition coefficient (Wildman–Crippen LogP) is 4.39. The zero-order chi connectivity index (χ0) is 12.8. The van der Waals surface area contributed by atoms with Gasteiger partial charge in [-0.2, -0.15) is 0 Å². The van der Waals surface area contributed by atoms with Gasteiger partial charge < -0.3 is 4.90 Å². The fourth-order valence-electron chi connectivity index (χ4n) is 1.85. The van der Waals surface area contributed by atoms with E-state index in [1.54, 1.807) is 0 Å². The summed E-state index contributed by atoms with van der Waals surface area (Å²) < 4.78 is 0. The highest BCUT2D eigenvalue weighted by atomic mass is 15.1. The van der Waals surface area contributed by atoms with Crippen LogP contribution in [0.4, 0.5) is 0 Å². The smallest absolute Gasteiger partial charge is 0.0390 e. The van der Waals surface area contributed by atoms with Crippen molar-refractivity contribution in [3.8, 4) is 0 Å². The SMILES string of the molecule is C\C=C/C(C)=C(\C=C/C)N(C)CC(C)(C)C. The Bertz CT molecular complexity index is 287. The van der Waals surface area contributed by atoms with Crippen LogP contribution in [-0.2, 0) is 0 Å². The van der Waals surface area contributed by atoms with Crippen LogP contribution in [0.1, 0.15) is 41.5 Å². The monoisotopic (exact) mass is 221 g/mol. The first-order valence-corrected chi connectivity index (χ1v) is 5.99. The summed E-state index contributed by atoms with van der Waals surface area (Å²) in [6.07, 6.45) is 8.53. The van der Waals surface area contributed by atoms with Crippen LogP contribution in [0.25, 0.3) is 0 Å². The number of hydrogen-bond donors (Lipinski definition) is 0. The van der Waals surface area contributed by atoms with Crippen LogP contribution in [0.5, 0.6) is 0 Å². The standard InChI is InChI=1S/C15H27N/c1-8-10-13(3)14(11-9-2)16(7)12-15(4,5)6/h8-11H,12H2,1-7H3/b10-8-,11-9-,14-13+. The summed E-state index contributed by atoms with van der Waals surface area (Å²) in [6.45, 7) is 14.1. The quantitative estimate of drug-likeness (QED) is 0.636. The summed E-state index contributed by atoms with van der Waals surface area (Å²) >= 11 is 0. The summed E-state index contributed by atoms with van der Waals surface area (Å²) in [5.41, 5.74) is 2.93. The van der Waals surface area contributed by atoms with Gasteiger partial charge in [-0.1, -0.05) is 39.0 Å². The Hall–Kier alpha value is -0.980. The van der Waals surface area contributed by atoms with Crippen LogP contribution in [0.2, 0.25) is 0 Å². The van der Waals surface area contributed by atoms with Crippen LogP contribution < -0.4 is 0 Å². The van der Waals surface area contributed by atoms with Gasteiger partial charge in [-0.3, -0.25) is 0 Å². The van der Waals surface area contributed by atoms with Gasteiger partial charge in [0, 0.05) is 19.3 Å². The zero-order valence-corrected chi connectivity index (χ0v) is 12.0. The molecule has 0 aliphatic rings. The predicted molar refractivity (Wildman–Crippen MR) is 74.4 cm³/mol. The van der Waals surface area contributed by atoms with E-state index in [1.165, 1.54) is 11.3 Å². The van der Waals surface area contributed by atoms with E-state index < -0.39 is 0 Å². The van der Waals surface area contributed by atoms with Crippen molar-refractivity contribution in [3.05, 3.63) is 35.6 Å². The molecule has 0 aromatic heterocycles. The van der Waals surface area contributed by atoms with Crippen molar-refractivity contribution in [1.82, 2.24) is 4.90 Å². The highest BCUT2D eigenvalue weighted by molar-refractivity contribution is 5.30. The molecule has 0 fully saturated rings. The molecular formula is C15H27N. The van der Waals surface area contributed by atoms with Crippen molar-refractivity contribution >= 4 is 0 Å². The zero-order valence-electron chi connectivity index (χ0n) is 12.0. The molecule has 1 nitrogen and oxygen atoms in total. The Morgan fingerprint density at radius 1 is 1.06 bits per heavy atom. The third-order valence-corrected chi connectivity index (χ3v) is 2.27.